The van der Waals surface area contributed by atoms with Crippen LogP contribution in [0.3, 0.4) is 0 Å². The lowest BCUT2D eigenvalue weighted by atomic mass is 10.1. The third kappa shape index (κ3) is 7.94. The Morgan fingerprint density at radius 1 is 1.13 bits per heavy atom. The van der Waals surface area contributed by atoms with Crippen molar-refractivity contribution >= 4 is 23.6 Å². The van der Waals surface area contributed by atoms with Crippen LogP contribution in [0.2, 0.25) is 0 Å². The molecule has 6 heteroatoms. The predicted molar refractivity (Wildman–Crippen MR) is 127 cm³/mol. The zero-order valence-corrected chi connectivity index (χ0v) is 20.0. The van der Waals surface area contributed by atoms with Gasteiger partial charge in [-0.3, -0.25) is 9.59 Å². The van der Waals surface area contributed by atoms with Crippen LogP contribution >= 0.6 is 11.8 Å². The number of carbonyl (C=O) groups is 2. The Morgan fingerprint density at radius 2 is 1.84 bits per heavy atom. The molecule has 0 aliphatic heterocycles. The first kappa shape index (κ1) is 24.8. The fraction of sp³-hybridized carbons (Fsp3) is 0.440. The monoisotopic (exact) mass is 442 g/mol. The Hall–Kier alpha value is -2.47. The molecule has 0 heterocycles. The van der Waals surface area contributed by atoms with Crippen LogP contribution in [0.25, 0.3) is 0 Å². The summed E-state index contributed by atoms with van der Waals surface area (Å²) in [6, 6.07) is 15.4. The van der Waals surface area contributed by atoms with E-state index in [-0.39, 0.29) is 17.9 Å². The molecule has 0 aliphatic rings. The number of thioether (sulfide) groups is 1. The van der Waals surface area contributed by atoms with Gasteiger partial charge in [-0.05, 0) is 57.0 Å². The zero-order valence-electron chi connectivity index (χ0n) is 19.2. The molecule has 168 valence electrons. The molecule has 1 N–H and O–H groups in total. The number of nitrogens with one attached hydrogen (secondary N) is 1. The summed E-state index contributed by atoms with van der Waals surface area (Å²) in [7, 11) is 1.62. The highest BCUT2D eigenvalue weighted by Gasteiger charge is 2.28. The summed E-state index contributed by atoms with van der Waals surface area (Å²) in [6.45, 7) is 8.22. The van der Waals surface area contributed by atoms with Crippen LogP contribution in [0.5, 0.6) is 5.75 Å². The average Bonchev–Trinajstić information content (AvgIpc) is 2.74. The highest BCUT2D eigenvalue weighted by Crippen LogP contribution is 2.22. The molecule has 0 saturated carbocycles. The fourth-order valence-electron chi connectivity index (χ4n) is 3.30. The van der Waals surface area contributed by atoms with Gasteiger partial charge in [0.05, 0.1) is 7.11 Å². The van der Waals surface area contributed by atoms with E-state index < -0.39 is 6.04 Å². The number of aryl methyl sites for hydroxylation is 1. The number of hydrogen-bond acceptors (Lipinski definition) is 4. The molecule has 0 radical (unpaired) electrons. The number of rotatable bonds is 11. The van der Waals surface area contributed by atoms with Crippen molar-refractivity contribution in [1.82, 2.24) is 10.2 Å². The predicted octanol–water partition coefficient (Wildman–Crippen LogP) is 4.82. The van der Waals surface area contributed by atoms with E-state index in [1.54, 1.807) is 23.8 Å². The largest absolute Gasteiger partial charge is 0.497 e. The Balaban J connectivity index is 2.14. The first-order valence-corrected chi connectivity index (χ1v) is 11.7. The average molecular weight is 443 g/mol. The molecule has 0 bridgehead atoms. The second-order valence-electron chi connectivity index (χ2n) is 7.87. The topological polar surface area (TPSA) is 58.6 Å². The molecule has 0 aromatic heterocycles. The lowest BCUT2D eigenvalue weighted by Gasteiger charge is -2.31. The van der Waals surface area contributed by atoms with E-state index in [0.717, 1.165) is 16.2 Å². The van der Waals surface area contributed by atoms with E-state index in [4.69, 9.17) is 4.74 Å². The van der Waals surface area contributed by atoms with Crippen molar-refractivity contribution in [3.05, 3.63) is 59.7 Å². The Bertz CT molecular complexity index is 852. The van der Waals surface area contributed by atoms with Crippen LogP contribution in [0.15, 0.2) is 53.4 Å². The number of carbonyl (C=O) groups excluding carboxylic acids is 2. The van der Waals surface area contributed by atoms with E-state index in [2.05, 4.69) is 36.5 Å². The minimum atomic E-state index is -0.509. The maximum Gasteiger partial charge on any atom is 0.243 e. The normalized spacial score (nSPS) is 11.8. The van der Waals surface area contributed by atoms with E-state index in [9.17, 15) is 9.59 Å². The fourth-order valence-corrected chi connectivity index (χ4v) is 4.14. The number of methoxy groups -OCH3 is 1. The van der Waals surface area contributed by atoms with Crippen LogP contribution in [0.1, 0.15) is 44.7 Å². The van der Waals surface area contributed by atoms with Gasteiger partial charge in [-0.2, -0.15) is 0 Å². The van der Waals surface area contributed by atoms with Gasteiger partial charge in [-0.15, -0.1) is 11.8 Å². The van der Waals surface area contributed by atoms with E-state index in [0.29, 0.717) is 25.1 Å². The quantitative estimate of drug-likeness (QED) is 0.507. The third-order valence-electron chi connectivity index (χ3n) is 4.91. The number of nitrogens with zero attached hydrogens (tertiary/aromatic N) is 1. The van der Waals surface area contributed by atoms with Gasteiger partial charge in [0, 0.05) is 29.7 Å². The first-order valence-electron chi connectivity index (χ1n) is 10.8. The van der Waals surface area contributed by atoms with Gasteiger partial charge in [0.2, 0.25) is 11.8 Å². The Morgan fingerprint density at radius 3 is 2.45 bits per heavy atom. The standard InChI is InChI=1S/C25H34N2O3S/c1-6-23(25(29)26-18(2)3)27(17-20-8-7-9-21(16-20)30-5)24(28)14-15-31-22-12-10-19(4)11-13-22/h7-13,16,18,23H,6,14-15,17H2,1-5H3,(H,26,29). The molecule has 31 heavy (non-hydrogen) atoms. The van der Waals surface area contributed by atoms with Gasteiger partial charge in [0.15, 0.2) is 0 Å². The minimum Gasteiger partial charge on any atom is -0.497 e. The summed E-state index contributed by atoms with van der Waals surface area (Å²) < 4.78 is 5.32. The molecular weight excluding hydrogens is 408 g/mol. The number of ether oxygens (including phenoxy) is 1. The van der Waals surface area contributed by atoms with Gasteiger partial charge in [0.25, 0.3) is 0 Å². The molecule has 0 aliphatic carbocycles. The highest BCUT2D eigenvalue weighted by molar-refractivity contribution is 7.99. The maximum atomic E-state index is 13.2. The van der Waals surface area contributed by atoms with Crippen molar-refractivity contribution in [3.8, 4) is 5.75 Å². The molecular formula is C25H34N2O3S. The van der Waals surface area contributed by atoms with E-state index in [1.807, 2.05) is 45.0 Å². The molecule has 0 fully saturated rings. The molecule has 2 rings (SSSR count). The van der Waals surface area contributed by atoms with Crippen molar-refractivity contribution in [1.29, 1.82) is 0 Å². The minimum absolute atomic E-state index is 0.0202. The second kappa shape index (κ2) is 12.4. The van der Waals surface area contributed by atoms with Crippen LogP contribution in [-0.4, -0.2) is 41.7 Å². The SMILES string of the molecule is CCC(C(=O)NC(C)C)N(Cc1cccc(OC)c1)C(=O)CCSc1ccc(C)cc1. The lowest BCUT2D eigenvalue weighted by Crippen LogP contribution is -2.50. The summed E-state index contributed by atoms with van der Waals surface area (Å²) in [5.74, 6) is 1.27. The van der Waals surface area contributed by atoms with Gasteiger partial charge in [0.1, 0.15) is 11.8 Å². The van der Waals surface area contributed by atoms with E-state index in [1.165, 1.54) is 5.56 Å². The highest BCUT2D eigenvalue weighted by atomic mass is 32.2. The van der Waals surface area contributed by atoms with Crippen LogP contribution in [0, 0.1) is 6.92 Å². The maximum absolute atomic E-state index is 13.2. The van der Waals surface area contributed by atoms with Crippen molar-refractivity contribution in [2.24, 2.45) is 0 Å². The van der Waals surface area contributed by atoms with Crippen molar-refractivity contribution < 1.29 is 14.3 Å². The molecule has 0 spiro atoms. The molecule has 1 atom stereocenters. The smallest absolute Gasteiger partial charge is 0.243 e. The second-order valence-corrected chi connectivity index (χ2v) is 9.04. The third-order valence-corrected chi connectivity index (χ3v) is 5.92. The van der Waals surface area contributed by atoms with Crippen LogP contribution in [0.4, 0.5) is 0 Å². The van der Waals surface area contributed by atoms with E-state index >= 15 is 0 Å². The van der Waals surface area contributed by atoms with Gasteiger partial charge >= 0.3 is 0 Å². The molecule has 1 unspecified atom stereocenters. The lowest BCUT2D eigenvalue weighted by molar-refractivity contribution is -0.141. The Labute approximate surface area is 190 Å². The number of amides is 2. The summed E-state index contributed by atoms with van der Waals surface area (Å²) >= 11 is 1.66. The Kier molecular flexibility index (Phi) is 9.92. The summed E-state index contributed by atoms with van der Waals surface area (Å²) in [5, 5.41) is 2.96. The first-order chi connectivity index (χ1) is 14.8. The van der Waals surface area contributed by atoms with Gasteiger partial charge in [-0.1, -0.05) is 36.8 Å². The number of hydrogen-bond donors (Lipinski definition) is 1. The molecule has 2 aromatic rings. The van der Waals surface area contributed by atoms with Gasteiger partial charge < -0.3 is 15.0 Å². The molecule has 2 aromatic carbocycles. The van der Waals surface area contributed by atoms with Crippen molar-refractivity contribution in [3.63, 3.8) is 0 Å². The van der Waals surface area contributed by atoms with Crippen molar-refractivity contribution in [2.75, 3.05) is 12.9 Å². The molecule has 5 nitrogen and oxygen atoms in total. The number of benzene rings is 2. The molecule has 2 amide bonds. The summed E-state index contributed by atoms with van der Waals surface area (Å²) in [5.41, 5.74) is 2.15. The van der Waals surface area contributed by atoms with Gasteiger partial charge in [-0.25, -0.2) is 0 Å². The summed E-state index contributed by atoms with van der Waals surface area (Å²) in [4.78, 5) is 28.9. The summed E-state index contributed by atoms with van der Waals surface area (Å²) in [6.07, 6.45) is 0.924. The van der Waals surface area contributed by atoms with Crippen LogP contribution < -0.4 is 10.1 Å². The molecule has 0 saturated heterocycles. The van der Waals surface area contributed by atoms with Crippen LogP contribution in [-0.2, 0) is 16.1 Å². The zero-order chi connectivity index (χ0) is 22.8. The van der Waals surface area contributed by atoms with Crippen molar-refractivity contribution in [2.45, 2.75) is 64.1 Å².